The standard InChI is InChI=1S/C13H19FN2O/c1-3-9(4-2)12(13(15)17)16-11-7-5-10(14)6-8-11/h5-9,12,16H,3-4H2,1-2H3,(H2,15,17). The van der Waals surface area contributed by atoms with E-state index in [1.54, 1.807) is 12.1 Å². The molecule has 1 rings (SSSR count). The number of amides is 1. The third kappa shape index (κ3) is 3.73. The maximum atomic E-state index is 12.8. The van der Waals surface area contributed by atoms with Crippen molar-refractivity contribution >= 4 is 11.6 Å². The van der Waals surface area contributed by atoms with Gasteiger partial charge in [-0.3, -0.25) is 4.79 Å². The Hall–Kier alpha value is -1.58. The molecular weight excluding hydrogens is 219 g/mol. The molecule has 0 spiro atoms. The van der Waals surface area contributed by atoms with Gasteiger partial charge in [-0.1, -0.05) is 26.7 Å². The minimum absolute atomic E-state index is 0.192. The van der Waals surface area contributed by atoms with E-state index in [-0.39, 0.29) is 17.6 Å². The van der Waals surface area contributed by atoms with Gasteiger partial charge in [0, 0.05) is 5.69 Å². The molecule has 0 aliphatic rings. The summed E-state index contributed by atoms with van der Waals surface area (Å²) in [6.07, 6.45) is 1.75. The van der Waals surface area contributed by atoms with Gasteiger partial charge in [0.15, 0.2) is 0 Å². The molecule has 0 aliphatic heterocycles. The summed E-state index contributed by atoms with van der Waals surface area (Å²) in [5.74, 6) is -0.478. The van der Waals surface area contributed by atoms with E-state index >= 15 is 0 Å². The number of halogens is 1. The first-order chi connectivity index (χ1) is 8.08. The number of nitrogens with two attached hydrogens (primary N) is 1. The predicted molar refractivity (Wildman–Crippen MR) is 67.1 cm³/mol. The van der Waals surface area contributed by atoms with Crippen LogP contribution in [-0.4, -0.2) is 11.9 Å². The van der Waals surface area contributed by atoms with Crippen molar-refractivity contribution in [3.63, 3.8) is 0 Å². The molecule has 17 heavy (non-hydrogen) atoms. The second-order valence-electron chi connectivity index (χ2n) is 4.11. The highest BCUT2D eigenvalue weighted by Crippen LogP contribution is 2.18. The van der Waals surface area contributed by atoms with Gasteiger partial charge in [0.05, 0.1) is 0 Å². The van der Waals surface area contributed by atoms with Crippen LogP contribution in [0.3, 0.4) is 0 Å². The first-order valence-corrected chi connectivity index (χ1v) is 5.89. The van der Waals surface area contributed by atoms with Crippen LogP contribution in [-0.2, 0) is 4.79 Å². The van der Waals surface area contributed by atoms with Crippen LogP contribution in [0.5, 0.6) is 0 Å². The average molecular weight is 238 g/mol. The van der Waals surface area contributed by atoms with Crippen molar-refractivity contribution < 1.29 is 9.18 Å². The largest absolute Gasteiger partial charge is 0.373 e. The highest BCUT2D eigenvalue weighted by molar-refractivity contribution is 5.83. The van der Waals surface area contributed by atoms with Crippen LogP contribution in [0, 0.1) is 11.7 Å². The number of carbonyl (C=O) groups excluding carboxylic acids is 1. The van der Waals surface area contributed by atoms with Crippen molar-refractivity contribution in [2.45, 2.75) is 32.7 Å². The summed E-state index contributed by atoms with van der Waals surface area (Å²) in [5.41, 5.74) is 6.10. The maximum Gasteiger partial charge on any atom is 0.240 e. The lowest BCUT2D eigenvalue weighted by Crippen LogP contribution is -2.41. The lowest BCUT2D eigenvalue weighted by atomic mass is 9.93. The van der Waals surface area contributed by atoms with E-state index in [2.05, 4.69) is 5.32 Å². The third-order valence-corrected chi connectivity index (χ3v) is 2.99. The zero-order chi connectivity index (χ0) is 12.8. The molecule has 1 aromatic rings. The molecule has 1 aromatic carbocycles. The smallest absolute Gasteiger partial charge is 0.240 e. The Balaban J connectivity index is 2.79. The Morgan fingerprint density at radius 1 is 1.29 bits per heavy atom. The van der Waals surface area contributed by atoms with Crippen molar-refractivity contribution in [2.75, 3.05) is 5.32 Å². The van der Waals surface area contributed by atoms with Gasteiger partial charge >= 0.3 is 0 Å². The highest BCUT2D eigenvalue weighted by atomic mass is 19.1. The maximum absolute atomic E-state index is 12.8. The minimum Gasteiger partial charge on any atom is -0.373 e. The van der Waals surface area contributed by atoms with Crippen LogP contribution in [0.1, 0.15) is 26.7 Å². The molecule has 94 valence electrons. The number of benzene rings is 1. The molecule has 0 fully saturated rings. The Bertz CT molecular complexity index is 360. The quantitative estimate of drug-likeness (QED) is 0.800. The Morgan fingerprint density at radius 2 is 1.82 bits per heavy atom. The summed E-state index contributed by atoms with van der Waals surface area (Å²) in [5, 5.41) is 3.07. The molecule has 0 bridgehead atoms. The fourth-order valence-electron chi connectivity index (χ4n) is 1.91. The molecule has 0 heterocycles. The van der Waals surface area contributed by atoms with Gasteiger partial charge in [-0.05, 0) is 30.2 Å². The van der Waals surface area contributed by atoms with Gasteiger partial charge in [0.1, 0.15) is 11.9 Å². The van der Waals surface area contributed by atoms with Gasteiger partial charge in [-0.15, -0.1) is 0 Å². The fraction of sp³-hybridized carbons (Fsp3) is 0.462. The van der Waals surface area contributed by atoms with E-state index in [4.69, 9.17) is 5.73 Å². The first kappa shape index (κ1) is 13.5. The van der Waals surface area contributed by atoms with Crippen molar-refractivity contribution in [3.8, 4) is 0 Å². The SMILES string of the molecule is CCC(CC)C(Nc1ccc(F)cc1)C(N)=O. The molecule has 3 N–H and O–H groups in total. The van der Waals surface area contributed by atoms with Gasteiger partial charge in [0.25, 0.3) is 0 Å². The Morgan fingerprint density at radius 3 is 2.24 bits per heavy atom. The zero-order valence-electron chi connectivity index (χ0n) is 10.2. The minimum atomic E-state index is -0.407. The number of primary amides is 1. The van der Waals surface area contributed by atoms with Crippen molar-refractivity contribution in [2.24, 2.45) is 11.7 Å². The van der Waals surface area contributed by atoms with E-state index in [9.17, 15) is 9.18 Å². The molecule has 1 atom stereocenters. The normalized spacial score (nSPS) is 12.5. The second kappa shape index (κ2) is 6.23. The van der Waals surface area contributed by atoms with E-state index in [1.165, 1.54) is 12.1 Å². The van der Waals surface area contributed by atoms with Crippen LogP contribution in [0.2, 0.25) is 0 Å². The molecular formula is C13H19FN2O. The molecule has 0 aliphatic carbocycles. The van der Waals surface area contributed by atoms with Gasteiger partial charge in [-0.25, -0.2) is 4.39 Å². The summed E-state index contributed by atoms with van der Waals surface area (Å²) in [7, 11) is 0. The number of hydrogen-bond acceptors (Lipinski definition) is 2. The van der Waals surface area contributed by atoms with Crippen LogP contribution in [0.15, 0.2) is 24.3 Å². The lowest BCUT2D eigenvalue weighted by Gasteiger charge is -2.24. The van der Waals surface area contributed by atoms with Crippen molar-refractivity contribution in [1.82, 2.24) is 0 Å². The van der Waals surface area contributed by atoms with E-state index in [0.717, 1.165) is 12.8 Å². The van der Waals surface area contributed by atoms with Crippen LogP contribution in [0.4, 0.5) is 10.1 Å². The van der Waals surface area contributed by atoms with Crippen LogP contribution < -0.4 is 11.1 Å². The monoisotopic (exact) mass is 238 g/mol. The summed E-state index contributed by atoms with van der Waals surface area (Å²) >= 11 is 0. The summed E-state index contributed by atoms with van der Waals surface area (Å²) in [6.45, 7) is 4.05. The lowest BCUT2D eigenvalue weighted by molar-refractivity contribution is -0.119. The molecule has 3 nitrogen and oxygen atoms in total. The second-order valence-corrected chi connectivity index (χ2v) is 4.11. The van der Waals surface area contributed by atoms with Gasteiger partial charge in [0.2, 0.25) is 5.91 Å². The van der Waals surface area contributed by atoms with Crippen LogP contribution >= 0.6 is 0 Å². The number of carbonyl (C=O) groups is 1. The Kier molecular flexibility index (Phi) is 4.94. The fourth-order valence-corrected chi connectivity index (χ4v) is 1.91. The number of hydrogen-bond donors (Lipinski definition) is 2. The summed E-state index contributed by atoms with van der Waals surface area (Å²) < 4.78 is 12.8. The van der Waals surface area contributed by atoms with Crippen molar-refractivity contribution in [3.05, 3.63) is 30.1 Å². The van der Waals surface area contributed by atoms with E-state index in [0.29, 0.717) is 5.69 Å². The number of nitrogens with one attached hydrogen (secondary N) is 1. The molecule has 1 unspecified atom stereocenters. The first-order valence-electron chi connectivity index (χ1n) is 5.89. The third-order valence-electron chi connectivity index (χ3n) is 2.99. The highest BCUT2D eigenvalue weighted by Gasteiger charge is 2.23. The van der Waals surface area contributed by atoms with Gasteiger partial charge < -0.3 is 11.1 Å². The zero-order valence-corrected chi connectivity index (χ0v) is 10.2. The molecule has 0 saturated carbocycles. The topological polar surface area (TPSA) is 55.1 Å². The average Bonchev–Trinajstić information content (AvgIpc) is 2.31. The Labute approximate surface area is 101 Å². The molecule has 0 radical (unpaired) electrons. The van der Waals surface area contributed by atoms with E-state index in [1.807, 2.05) is 13.8 Å². The summed E-state index contributed by atoms with van der Waals surface area (Å²) in [6, 6.07) is 5.51. The molecule has 1 amide bonds. The van der Waals surface area contributed by atoms with Gasteiger partial charge in [-0.2, -0.15) is 0 Å². The number of anilines is 1. The molecule has 0 aromatic heterocycles. The predicted octanol–water partition coefficient (Wildman–Crippen LogP) is 2.53. The summed E-state index contributed by atoms with van der Waals surface area (Å²) in [4.78, 5) is 11.4. The molecule has 4 heteroatoms. The van der Waals surface area contributed by atoms with Crippen molar-refractivity contribution in [1.29, 1.82) is 0 Å². The number of rotatable bonds is 6. The van der Waals surface area contributed by atoms with E-state index < -0.39 is 6.04 Å². The van der Waals surface area contributed by atoms with Crippen LogP contribution in [0.25, 0.3) is 0 Å². The molecule has 0 saturated heterocycles.